The van der Waals surface area contributed by atoms with Gasteiger partial charge in [-0.25, -0.2) is 4.79 Å². The van der Waals surface area contributed by atoms with Crippen LogP contribution < -0.4 is 10.6 Å². The van der Waals surface area contributed by atoms with Crippen molar-refractivity contribution >= 4 is 17.7 Å². The lowest BCUT2D eigenvalue weighted by Crippen LogP contribution is -2.46. The third-order valence-corrected chi connectivity index (χ3v) is 3.88. The zero-order valence-corrected chi connectivity index (χ0v) is 14.9. The van der Waals surface area contributed by atoms with Gasteiger partial charge in [-0.2, -0.15) is 0 Å². The van der Waals surface area contributed by atoms with Crippen LogP contribution in [0, 0.1) is 13.8 Å². The minimum absolute atomic E-state index is 0.0222. The van der Waals surface area contributed by atoms with Crippen LogP contribution in [0.3, 0.4) is 0 Å². The molecule has 0 atom stereocenters. The maximum absolute atomic E-state index is 12.2. The summed E-state index contributed by atoms with van der Waals surface area (Å²) in [6.45, 7) is 11.9. The van der Waals surface area contributed by atoms with Crippen LogP contribution in [0.5, 0.6) is 0 Å². The summed E-state index contributed by atoms with van der Waals surface area (Å²) >= 11 is 0. The summed E-state index contributed by atoms with van der Waals surface area (Å²) in [6.07, 6.45) is 0.397. The summed E-state index contributed by atoms with van der Waals surface area (Å²) in [5.41, 5.74) is 3.51. The van der Waals surface area contributed by atoms with Gasteiger partial charge >= 0.3 is 12.0 Å². The third kappa shape index (κ3) is 5.93. The van der Waals surface area contributed by atoms with Crippen molar-refractivity contribution in [3.8, 4) is 0 Å². The highest BCUT2D eigenvalue weighted by Crippen LogP contribution is 2.26. The largest absolute Gasteiger partial charge is 0.481 e. The number of carboxylic acid groups (broad SMARTS) is 1. The molecule has 0 aliphatic rings. The number of amides is 2. The second kappa shape index (κ2) is 7.49. The molecule has 0 aliphatic carbocycles. The molecule has 0 radical (unpaired) electrons. The summed E-state index contributed by atoms with van der Waals surface area (Å²) < 4.78 is 0. The average Bonchev–Trinajstić information content (AvgIpc) is 2.40. The van der Waals surface area contributed by atoms with Gasteiger partial charge in [0.1, 0.15) is 0 Å². The Kier molecular flexibility index (Phi) is 6.19. The van der Waals surface area contributed by atoms with Gasteiger partial charge in [0.15, 0.2) is 0 Å². The molecule has 1 aromatic carbocycles. The van der Waals surface area contributed by atoms with Crippen molar-refractivity contribution in [2.75, 3.05) is 5.32 Å². The zero-order valence-electron chi connectivity index (χ0n) is 14.9. The van der Waals surface area contributed by atoms with E-state index in [1.807, 2.05) is 27.7 Å². The SMILES string of the molecule is Cc1cc(C(C)C)cc(C)c1NC(=O)NC(C)(C)CCC(=O)O. The highest BCUT2D eigenvalue weighted by molar-refractivity contribution is 5.91. The number of carboxylic acids is 1. The van der Waals surface area contributed by atoms with E-state index in [1.54, 1.807) is 0 Å². The Labute approximate surface area is 138 Å². The van der Waals surface area contributed by atoms with E-state index >= 15 is 0 Å². The van der Waals surface area contributed by atoms with Crippen LogP contribution in [-0.2, 0) is 4.79 Å². The highest BCUT2D eigenvalue weighted by Gasteiger charge is 2.22. The number of urea groups is 1. The molecule has 2 amide bonds. The third-order valence-electron chi connectivity index (χ3n) is 3.88. The van der Waals surface area contributed by atoms with E-state index in [-0.39, 0.29) is 12.5 Å². The molecule has 1 aromatic rings. The Hall–Kier alpha value is -2.04. The molecule has 0 saturated heterocycles. The molecule has 5 heteroatoms. The first-order valence-corrected chi connectivity index (χ1v) is 7.94. The Morgan fingerprint density at radius 3 is 2.13 bits per heavy atom. The quantitative estimate of drug-likeness (QED) is 0.735. The summed E-state index contributed by atoms with van der Waals surface area (Å²) in [4.78, 5) is 22.9. The fraction of sp³-hybridized carbons (Fsp3) is 0.556. The van der Waals surface area contributed by atoms with Gasteiger partial charge < -0.3 is 15.7 Å². The fourth-order valence-corrected chi connectivity index (χ4v) is 2.46. The molecule has 1 rings (SSSR count). The molecule has 0 aliphatic heterocycles. The first-order valence-electron chi connectivity index (χ1n) is 7.94. The topological polar surface area (TPSA) is 78.4 Å². The molecule has 0 aromatic heterocycles. The van der Waals surface area contributed by atoms with Crippen molar-refractivity contribution in [1.29, 1.82) is 0 Å². The standard InChI is InChI=1S/C18H28N2O3/c1-11(2)14-9-12(3)16(13(4)10-14)19-17(23)20-18(5,6)8-7-15(21)22/h9-11H,7-8H2,1-6H3,(H,21,22)(H2,19,20,23). The minimum Gasteiger partial charge on any atom is -0.481 e. The van der Waals surface area contributed by atoms with Crippen molar-refractivity contribution in [1.82, 2.24) is 5.32 Å². The molecule has 0 heterocycles. The second-order valence-electron chi connectivity index (χ2n) is 7.04. The number of carbonyl (C=O) groups is 2. The van der Waals surface area contributed by atoms with Gasteiger partial charge in [-0.15, -0.1) is 0 Å². The van der Waals surface area contributed by atoms with Crippen LogP contribution in [0.2, 0.25) is 0 Å². The first kappa shape index (κ1) is 19.0. The smallest absolute Gasteiger partial charge is 0.319 e. The van der Waals surface area contributed by atoms with E-state index in [9.17, 15) is 9.59 Å². The van der Waals surface area contributed by atoms with Gasteiger partial charge in [0.05, 0.1) is 0 Å². The lowest BCUT2D eigenvalue weighted by Gasteiger charge is -2.26. The zero-order chi connectivity index (χ0) is 17.8. The normalized spacial score (nSPS) is 11.4. The van der Waals surface area contributed by atoms with Gasteiger partial charge in [0.25, 0.3) is 0 Å². The number of carbonyl (C=O) groups excluding carboxylic acids is 1. The Balaban J connectivity index is 2.80. The number of hydrogen-bond acceptors (Lipinski definition) is 2. The molecular weight excluding hydrogens is 292 g/mol. The molecule has 128 valence electrons. The molecule has 0 bridgehead atoms. The number of aryl methyl sites for hydroxylation is 2. The molecule has 0 saturated carbocycles. The van der Waals surface area contributed by atoms with Crippen molar-refractivity contribution in [2.45, 2.75) is 65.8 Å². The van der Waals surface area contributed by atoms with Crippen LogP contribution in [0.1, 0.15) is 63.1 Å². The van der Waals surface area contributed by atoms with E-state index in [1.165, 1.54) is 5.56 Å². The van der Waals surface area contributed by atoms with Crippen LogP contribution in [-0.4, -0.2) is 22.6 Å². The second-order valence-corrected chi connectivity index (χ2v) is 7.04. The molecular formula is C18H28N2O3. The summed E-state index contributed by atoms with van der Waals surface area (Å²) in [7, 11) is 0. The lowest BCUT2D eigenvalue weighted by molar-refractivity contribution is -0.137. The maximum atomic E-state index is 12.2. The fourth-order valence-electron chi connectivity index (χ4n) is 2.46. The Morgan fingerprint density at radius 1 is 1.17 bits per heavy atom. The van der Waals surface area contributed by atoms with Gasteiger partial charge in [0.2, 0.25) is 0 Å². The van der Waals surface area contributed by atoms with Crippen LogP contribution in [0.15, 0.2) is 12.1 Å². The summed E-state index contributed by atoms with van der Waals surface area (Å²) in [5, 5.41) is 14.5. The maximum Gasteiger partial charge on any atom is 0.319 e. The Morgan fingerprint density at radius 2 is 1.70 bits per heavy atom. The molecule has 5 nitrogen and oxygen atoms in total. The average molecular weight is 320 g/mol. The molecule has 3 N–H and O–H groups in total. The minimum atomic E-state index is -0.865. The van der Waals surface area contributed by atoms with Gasteiger partial charge in [-0.3, -0.25) is 4.79 Å². The number of benzene rings is 1. The van der Waals surface area contributed by atoms with Gasteiger partial charge in [-0.1, -0.05) is 26.0 Å². The predicted molar refractivity (Wildman–Crippen MR) is 93.1 cm³/mol. The van der Waals surface area contributed by atoms with Crippen molar-refractivity contribution in [3.63, 3.8) is 0 Å². The highest BCUT2D eigenvalue weighted by atomic mass is 16.4. The number of rotatable bonds is 6. The monoisotopic (exact) mass is 320 g/mol. The van der Waals surface area contributed by atoms with E-state index in [4.69, 9.17) is 5.11 Å². The summed E-state index contributed by atoms with van der Waals surface area (Å²) in [6, 6.07) is 3.86. The number of aliphatic carboxylic acids is 1. The number of anilines is 1. The van der Waals surface area contributed by atoms with Crippen molar-refractivity contribution < 1.29 is 14.7 Å². The van der Waals surface area contributed by atoms with Crippen LogP contribution in [0.25, 0.3) is 0 Å². The van der Waals surface area contributed by atoms with Crippen molar-refractivity contribution in [2.24, 2.45) is 0 Å². The molecule has 23 heavy (non-hydrogen) atoms. The molecule has 0 unspecified atom stereocenters. The Bertz CT molecular complexity index is 569. The molecule has 0 fully saturated rings. The predicted octanol–water partition coefficient (Wildman–Crippen LogP) is 4.19. The number of hydrogen-bond donors (Lipinski definition) is 3. The van der Waals surface area contributed by atoms with E-state index in [0.29, 0.717) is 12.3 Å². The first-order chi connectivity index (χ1) is 10.5. The van der Waals surface area contributed by atoms with E-state index in [2.05, 4.69) is 36.6 Å². The lowest BCUT2D eigenvalue weighted by atomic mass is 9.97. The summed E-state index contributed by atoms with van der Waals surface area (Å²) in [5.74, 6) is -0.429. The van der Waals surface area contributed by atoms with E-state index < -0.39 is 11.5 Å². The van der Waals surface area contributed by atoms with Crippen molar-refractivity contribution in [3.05, 3.63) is 28.8 Å². The van der Waals surface area contributed by atoms with Crippen LogP contribution >= 0.6 is 0 Å². The van der Waals surface area contributed by atoms with E-state index in [0.717, 1.165) is 16.8 Å². The van der Waals surface area contributed by atoms with Gasteiger partial charge in [0, 0.05) is 17.6 Å². The van der Waals surface area contributed by atoms with Crippen LogP contribution in [0.4, 0.5) is 10.5 Å². The van der Waals surface area contributed by atoms with Gasteiger partial charge in [-0.05, 0) is 56.7 Å². The molecule has 0 spiro atoms. The number of nitrogens with one attached hydrogen (secondary N) is 2.